The van der Waals surface area contributed by atoms with Gasteiger partial charge in [-0.2, -0.15) is 5.10 Å². The lowest BCUT2D eigenvalue weighted by Gasteiger charge is -2.32. The van der Waals surface area contributed by atoms with Gasteiger partial charge >= 0.3 is 0 Å². The average molecular weight is 308 g/mol. The number of rotatable bonds is 5. The van der Waals surface area contributed by atoms with Crippen molar-refractivity contribution in [3.63, 3.8) is 0 Å². The Morgan fingerprint density at radius 1 is 1.36 bits per heavy atom. The largest absolute Gasteiger partial charge is 0.339 e. The highest BCUT2D eigenvalue weighted by Gasteiger charge is 2.19. The summed E-state index contributed by atoms with van der Waals surface area (Å²) >= 11 is 0. The lowest BCUT2D eigenvalue weighted by molar-refractivity contribution is -0.133. The van der Waals surface area contributed by atoms with Crippen molar-refractivity contribution in [3.8, 4) is 0 Å². The first-order chi connectivity index (χ1) is 10.4. The van der Waals surface area contributed by atoms with Gasteiger partial charge in [0.1, 0.15) is 6.54 Å². The number of hydrogen-bond acceptors (Lipinski definition) is 5. The predicted octanol–water partition coefficient (Wildman–Crippen LogP) is -0.667. The van der Waals surface area contributed by atoms with E-state index in [1.807, 2.05) is 11.9 Å². The van der Waals surface area contributed by atoms with Crippen LogP contribution in [-0.2, 0) is 16.1 Å². The summed E-state index contributed by atoms with van der Waals surface area (Å²) in [6.07, 6.45) is 3.45. The highest BCUT2D eigenvalue weighted by atomic mass is 16.2. The number of nitrogens with one attached hydrogen (secondary N) is 1. The molecule has 8 nitrogen and oxygen atoms in total. The summed E-state index contributed by atoms with van der Waals surface area (Å²) < 4.78 is 1.54. The number of anilines is 1. The van der Waals surface area contributed by atoms with Gasteiger partial charge in [0.25, 0.3) is 0 Å². The minimum absolute atomic E-state index is 0.0460. The van der Waals surface area contributed by atoms with Crippen molar-refractivity contribution in [3.05, 3.63) is 12.4 Å². The van der Waals surface area contributed by atoms with Gasteiger partial charge in [0.05, 0.1) is 11.9 Å². The Morgan fingerprint density at radius 2 is 2.05 bits per heavy atom. The van der Waals surface area contributed by atoms with Gasteiger partial charge in [-0.15, -0.1) is 0 Å². The zero-order chi connectivity index (χ0) is 16.1. The molecule has 0 aliphatic carbocycles. The Kier molecular flexibility index (Phi) is 5.51. The molecule has 0 aromatic carbocycles. The van der Waals surface area contributed by atoms with Crippen LogP contribution in [0.15, 0.2) is 12.4 Å². The molecule has 0 radical (unpaired) electrons. The molecule has 122 valence electrons. The molecule has 1 atom stereocenters. The molecule has 0 saturated carbocycles. The lowest BCUT2D eigenvalue weighted by Crippen LogP contribution is -2.48. The second-order valence-corrected chi connectivity index (χ2v) is 5.84. The maximum absolute atomic E-state index is 12.2. The van der Waals surface area contributed by atoms with Gasteiger partial charge in [0, 0.05) is 44.8 Å². The van der Waals surface area contributed by atoms with Gasteiger partial charge < -0.3 is 20.9 Å². The van der Waals surface area contributed by atoms with E-state index in [2.05, 4.69) is 15.3 Å². The number of carbonyl (C=O) groups is 2. The van der Waals surface area contributed by atoms with Crippen LogP contribution in [0.1, 0.15) is 13.3 Å². The normalized spacial score (nSPS) is 17.3. The molecular formula is C14H24N6O2. The molecule has 1 unspecified atom stereocenters. The van der Waals surface area contributed by atoms with E-state index in [1.54, 1.807) is 17.8 Å². The number of nitrogens with zero attached hydrogens (tertiary/aromatic N) is 4. The number of aromatic nitrogens is 2. The predicted molar refractivity (Wildman–Crippen MR) is 83.2 cm³/mol. The smallest absolute Gasteiger partial charge is 0.244 e. The molecule has 2 amide bonds. The van der Waals surface area contributed by atoms with Gasteiger partial charge in [-0.25, -0.2) is 0 Å². The summed E-state index contributed by atoms with van der Waals surface area (Å²) in [5, 5.41) is 6.83. The molecule has 1 fully saturated rings. The molecule has 0 spiro atoms. The number of likely N-dealkylation sites (N-methyl/N-ethyl adjacent to an activating group) is 1. The van der Waals surface area contributed by atoms with Crippen LogP contribution in [-0.4, -0.2) is 70.7 Å². The first-order valence-corrected chi connectivity index (χ1v) is 7.48. The third-order valence-electron chi connectivity index (χ3n) is 3.58. The van der Waals surface area contributed by atoms with E-state index in [0.29, 0.717) is 5.69 Å². The highest BCUT2D eigenvalue weighted by molar-refractivity contribution is 5.90. The van der Waals surface area contributed by atoms with Gasteiger partial charge in [0.2, 0.25) is 11.8 Å². The highest BCUT2D eigenvalue weighted by Crippen LogP contribution is 2.07. The first-order valence-electron chi connectivity index (χ1n) is 7.48. The van der Waals surface area contributed by atoms with Crippen molar-refractivity contribution in [1.29, 1.82) is 0 Å². The van der Waals surface area contributed by atoms with Gasteiger partial charge in [-0.3, -0.25) is 14.3 Å². The standard InChI is InChI=1S/C14H24N6O2/c1-11(15)7-13(21)17-12-8-16-20(9-12)10-14(22)19-5-3-18(2)4-6-19/h8-9,11H,3-7,10,15H2,1-2H3,(H,17,21). The Balaban J connectivity index is 1.84. The van der Waals surface area contributed by atoms with E-state index < -0.39 is 0 Å². The number of amides is 2. The molecule has 1 aromatic rings. The van der Waals surface area contributed by atoms with Crippen LogP contribution in [0.5, 0.6) is 0 Å². The first kappa shape index (κ1) is 16.4. The summed E-state index contributed by atoms with van der Waals surface area (Å²) in [5.74, 6) is -0.107. The molecular weight excluding hydrogens is 284 g/mol. The third-order valence-corrected chi connectivity index (χ3v) is 3.58. The molecule has 1 aliphatic heterocycles. The zero-order valence-electron chi connectivity index (χ0n) is 13.2. The minimum atomic E-state index is -0.186. The van der Waals surface area contributed by atoms with E-state index in [-0.39, 0.29) is 30.8 Å². The minimum Gasteiger partial charge on any atom is -0.339 e. The molecule has 8 heteroatoms. The van der Waals surface area contributed by atoms with Crippen molar-refractivity contribution >= 4 is 17.5 Å². The van der Waals surface area contributed by atoms with Crippen LogP contribution in [0.25, 0.3) is 0 Å². The molecule has 1 aliphatic rings. The Hall–Kier alpha value is -1.93. The van der Waals surface area contributed by atoms with Crippen molar-refractivity contribution in [1.82, 2.24) is 19.6 Å². The van der Waals surface area contributed by atoms with Crippen molar-refractivity contribution in [2.45, 2.75) is 25.9 Å². The average Bonchev–Trinajstić information content (AvgIpc) is 2.85. The van der Waals surface area contributed by atoms with E-state index in [0.717, 1.165) is 26.2 Å². The SMILES string of the molecule is CC(N)CC(=O)Nc1cnn(CC(=O)N2CCN(C)CC2)c1. The van der Waals surface area contributed by atoms with Gasteiger partial charge in [-0.05, 0) is 14.0 Å². The maximum Gasteiger partial charge on any atom is 0.244 e. The lowest BCUT2D eigenvalue weighted by atomic mass is 10.2. The van der Waals surface area contributed by atoms with Crippen LogP contribution in [0.2, 0.25) is 0 Å². The fourth-order valence-corrected chi connectivity index (χ4v) is 2.31. The third kappa shape index (κ3) is 4.81. The molecule has 0 bridgehead atoms. The van der Waals surface area contributed by atoms with Gasteiger partial charge in [-0.1, -0.05) is 0 Å². The van der Waals surface area contributed by atoms with Crippen LogP contribution in [0.3, 0.4) is 0 Å². The van der Waals surface area contributed by atoms with Crippen molar-refractivity contribution in [2.24, 2.45) is 5.73 Å². The van der Waals surface area contributed by atoms with Crippen LogP contribution in [0, 0.1) is 0 Å². The summed E-state index contributed by atoms with van der Waals surface area (Å²) in [4.78, 5) is 27.9. The summed E-state index contributed by atoms with van der Waals surface area (Å²) in [6.45, 7) is 5.24. The van der Waals surface area contributed by atoms with Crippen LogP contribution in [0.4, 0.5) is 5.69 Å². The Bertz CT molecular complexity index is 519. The fourth-order valence-electron chi connectivity index (χ4n) is 2.31. The Morgan fingerprint density at radius 3 is 2.68 bits per heavy atom. The van der Waals surface area contributed by atoms with E-state index in [9.17, 15) is 9.59 Å². The number of piperazine rings is 1. The van der Waals surface area contributed by atoms with Crippen LogP contribution >= 0.6 is 0 Å². The second kappa shape index (κ2) is 7.37. The zero-order valence-corrected chi connectivity index (χ0v) is 13.2. The molecule has 1 saturated heterocycles. The number of nitrogens with two attached hydrogens (primary N) is 1. The van der Waals surface area contributed by atoms with Crippen molar-refractivity contribution in [2.75, 3.05) is 38.5 Å². The summed E-state index contributed by atoms with van der Waals surface area (Å²) in [7, 11) is 2.05. The van der Waals surface area contributed by atoms with Crippen molar-refractivity contribution < 1.29 is 9.59 Å². The topological polar surface area (TPSA) is 96.5 Å². The molecule has 22 heavy (non-hydrogen) atoms. The molecule has 1 aromatic heterocycles. The van der Waals surface area contributed by atoms with Gasteiger partial charge in [0.15, 0.2) is 0 Å². The molecule has 2 heterocycles. The van der Waals surface area contributed by atoms with E-state index in [4.69, 9.17) is 5.73 Å². The summed E-state index contributed by atoms with van der Waals surface area (Å²) in [5.41, 5.74) is 6.16. The molecule has 2 rings (SSSR count). The summed E-state index contributed by atoms with van der Waals surface area (Å²) in [6, 6.07) is -0.186. The monoisotopic (exact) mass is 308 g/mol. The second-order valence-electron chi connectivity index (χ2n) is 5.84. The molecule has 3 N–H and O–H groups in total. The van der Waals surface area contributed by atoms with Crippen LogP contribution < -0.4 is 11.1 Å². The number of hydrogen-bond donors (Lipinski definition) is 2. The fraction of sp³-hybridized carbons (Fsp3) is 0.643. The number of carbonyl (C=O) groups excluding carboxylic acids is 2. The maximum atomic E-state index is 12.2. The Labute approximate surface area is 130 Å². The quantitative estimate of drug-likeness (QED) is 0.752. The van der Waals surface area contributed by atoms with E-state index in [1.165, 1.54) is 6.20 Å². The van der Waals surface area contributed by atoms with E-state index >= 15 is 0 Å².